The minimum Gasteiger partial charge on any atom is -0.480 e. The highest BCUT2D eigenvalue weighted by atomic mass is 35.5. The summed E-state index contributed by atoms with van der Waals surface area (Å²) in [4.78, 5) is 14.9. The number of benzene rings is 1. The topological polar surface area (TPSA) is 76.2 Å². The Balaban J connectivity index is 2.53. The molecule has 0 saturated carbocycles. The number of carboxylic acid groups (broad SMARTS) is 1. The molecule has 0 unspecified atom stereocenters. The normalized spacial score (nSPS) is 13.8. The maximum absolute atomic E-state index is 13.3. The van der Waals surface area contributed by atoms with Gasteiger partial charge in [0, 0.05) is 17.1 Å². The van der Waals surface area contributed by atoms with E-state index in [0.29, 0.717) is 16.1 Å². The summed E-state index contributed by atoms with van der Waals surface area (Å²) in [6, 6.07) is 6.66. The van der Waals surface area contributed by atoms with Crippen molar-refractivity contribution in [3.8, 4) is 0 Å². The van der Waals surface area contributed by atoms with E-state index in [-0.39, 0.29) is 0 Å². The van der Waals surface area contributed by atoms with E-state index in [1.807, 2.05) is 0 Å². The second kappa shape index (κ2) is 5.98. The van der Waals surface area contributed by atoms with Crippen LogP contribution in [0.3, 0.4) is 0 Å². The van der Waals surface area contributed by atoms with E-state index >= 15 is 0 Å². The maximum Gasteiger partial charge on any atom is 0.321 e. The van der Waals surface area contributed by atoms with Crippen LogP contribution in [-0.4, -0.2) is 22.1 Å². The summed E-state index contributed by atoms with van der Waals surface area (Å²) in [5, 5.41) is 9.59. The smallest absolute Gasteiger partial charge is 0.321 e. The van der Waals surface area contributed by atoms with Gasteiger partial charge in [-0.2, -0.15) is 0 Å². The van der Waals surface area contributed by atoms with Gasteiger partial charge in [0.25, 0.3) is 0 Å². The van der Waals surface area contributed by atoms with Gasteiger partial charge in [-0.15, -0.1) is 0 Å². The van der Waals surface area contributed by atoms with Gasteiger partial charge in [-0.05, 0) is 29.3 Å². The molecule has 0 aliphatic heterocycles. The number of carboxylic acids is 1. The van der Waals surface area contributed by atoms with Gasteiger partial charge < -0.3 is 10.8 Å². The van der Waals surface area contributed by atoms with E-state index in [2.05, 4.69) is 4.98 Å². The first-order valence-electron chi connectivity index (χ1n) is 5.83. The number of aliphatic carboxylic acids is 1. The third kappa shape index (κ3) is 3.12. The highest BCUT2D eigenvalue weighted by Gasteiger charge is 2.28. The lowest BCUT2D eigenvalue weighted by molar-refractivity contribution is -0.138. The Morgan fingerprint density at radius 3 is 2.65 bits per heavy atom. The number of pyridine rings is 1. The fraction of sp³-hybridized carbons (Fsp3) is 0.143. The number of halogens is 2. The summed E-state index contributed by atoms with van der Waals surface area (Å²) in [6.07, 6.45) is 2.45. The van der Waals surface area contributed by atoms with E-state index in [9.17, 15) is 9.18 Å². The van der Waals surface area contributed by atoms with Crippen molar-refractivity contribution in [2.45, 2.75) is 12.0 Å². The minimum atomic E-state index is -1.22. The van der Waals surface area contributed by atoms with Gasteiger partial charge >= 0.3 is 5.97 Å². The molecule has 0 amide bonds. The molecular formula is C14H12ClFN2O2. The fourth-order valence-corrected chi connectivity index (χ4v) is 2.25. The van der Waals surface area contributed by atoms with Crippen LogP contribution in [0.5, 0.6) is 0 Å². The molecule has 20 heavy (non-hydrogen) atoms. The van der Waals surface area contributed by atoms with E-state index in [0.717, 1.165) is 6.20 Å². The Hall–Kier alpha value is -1.98. The van der Waals surface area contributed by atoms with Crippen LogP contribution in [0.2, 0.25) is 5.02 Å². The van der Waals surface area contributed by atoms with Crippen LogP contribution in [0.1, 0.15) is 17.0 Å². The van der Waals surface area contributed by atoms with Crippen LogP contribution in [0, 0.1) is 5.82 Å². The third-order valence-corrected chi connectivity index (χ3v) is 3.17. The summed E-state index contributed by atoms with van der Waals surface area (Å²) in [7, 11) is 0. The molecule has 1 heterocycles. The fourth-order valence-electron chi connectivity index (χ4n) is 2.05. The highest BCUT2D eigenvalue weighted by molar-refractivity contribution is 6.30. The number of aromatic nitrogens is 1. The van der Waals surface area contributed by atoms with Crippen LogP contribution in [0.4, 0.5) is 4.39 Å². The molecule has 2 atom stereocenters. The van der Waals surface area contributed by atoms with E-state index in [4.69, 9.17) is 22.4 Å². The largest absolute Gasteiger partial charge is 0.480 e. The van der Waals surface area contributed by atoms with Crippen molar-refractivity contribution < 1.29 is 14.3 Å². The quantitative estimate of drug-likeness (QED) is 0.908. The van der Waals surface area contributed by atoms with E-state index in [1.165, 1.54) is 12.3 Å². The Morgan fingerprint density at radius 1 is 1.30 bits per heavy atom. The Morgan fingerprint density at radius 2 is 2.05 bits per heavy atom. The first-order chi connectivity index (χ1) is 9.49. The van der Waals surface area contributed by atoms with Crippen LogP contribution < -0.4 is 5.73 Å². The molecule has 0 fully saturated rings. The predicted octanol–water partition coefficient (Wildman–Crippen LogP) is 2.42. The second-order valence-corrected chi connectivity index (χ2v) is 4.77. The zero-order chi connectivity index (χ0) is 14.7. The van der Waals surface area contributed by atoms with Crippen molar-refractivity contribution in [1.82, 2.24) is 4.98 Å². The number of carbonyl (C=O) groups is 1. The van der Waals surface area contributed by atoms with Crippen molar-refractivity contribution in [2.75, 3.05) is 0 Å². The molecule has 0 aliphatic carbocycles. The summed E-state index contributed by atoms with van der Waals surface area (Å²) in [5.41, 5.74) is 6.72. The number of hydrogen-bond donors (Lipinski definition) is 2. The average molecular weight is 295 g/mol. The molecule has 2 rings (SSSR count). The minimum absolute atomic E-state index is 0.391. The van der Waals surface area contributed by atoms with Gasteiger partial charge in [-0.1, -0.05) is 23.7 Å². The average Bonchev–Trinajstić information content (AvgIpc) is 2.39. The van der Waals surface area contributed by atoms with Gasteiger partial charge in [-0.25, -0.2) is 4.39 Å². The van der Waals surface area contributed by atoms with E-state index < -0.39 is 23.7 Å². The lowest BCUT2D eigenvalue weighted by Gasteiger charge is -2.21. The van der Waals surface area contributed by atoms with Crippen molar-refractivity contribution in [1.29, 1.82) is 0 Å². The van der Waals surface area contributed by atoms with Gasteiger partial charge in [0.1, 0.15) is 11.9 Å². The molecule has 1 aromatic heterocycles. The third-order valence-electron chi connectivity index (χ3n) is 2.94. The molecule has 4 nitrogen and oxygen atoms in total. The zero-order valence-corrected chi connectivity index (χ0v) is 11.1. The van der Waals surface area contributed by atoms with Gasteiger partial charge in [0.05, 0.1) is 6.20 Å². The Bertz CT molecular complexity index is 591. The van der Waals surface area contributed by atoms with Gasteiger partial charge in [0.15, 0.2) is 0 Å². The monoisotopic (exact) mass is 294 g/mol. The SMILES string of the molecule is N[C@H](C(=O)O)[C@H](c1cncc(F)c1)c1cccc(Cl)c1. The molecule has 0 bridgehead atoms. The molecule has 0 spiro atoms. The number of hydrogen-bond acceptors (Lipinski definition) is 3. The second-order valence-electron chi connectivity index (χ2n) is 4.33. The van der Waals surface area contributed by atoms with Crippen LogP contribution in [0.25, 0.3) is 0 Å². The van der Waals surface area contributed by atoms with Crippen molar-refractivity contribution in [3.05, 3.63) is 64.7 Å². The first kappa shape index (κ1) is 14.4. The maximum atomic E-state index is 13.3. The molecular weight excluding hydrogens is 283 g/mol. The molecule has 3 N–H and O–H groups in total. The molecule has 1 aromatic carbocycles. The Labute approximate surface area is 120 Å². The first-order valence-corrected chi connectivity index (χ1v) is 6.21. The van der Waals surface area contributed by atoms with Crippen LogP contribution in [-0.2, 0) is 4.79 Å². The van der Waals surface area contributed by atoms with Gasteiger partial charge in [-0.3, -0.25) is 9.78 Å². The summed E-state index contributed by atoms with van der Waals surface area (Å²) in [5.74, 6) is -2.46. The molecule has 104 valence electrons. The molecule has 6 heteroatoms. The van der Waals surface area contributed by atoms with Crippen LogP contribution in [0.15, 0.2) is 42.7 Å². The Kier molecular flexibility index (Phi) is 4.32. The summed E-state index contributed by atoms with van der Waals surface area (Å²) in [6.45, 7) is 0. The van der Waals surface area contributed by atoms with Gasteiger partial charge in [0.2, 0.25) is 0 Å². The zero-order valence-electron chi connectivity index (χ0n) is 10.3. The number of nitrogens with two attached hydrogens (primary N) is 1. The van der Waals surface area contributed by atoms with Crippen molar-refractivity contribution in [3.63, 3.8) is 0 Å². The number of nitrogens with zero attached hydrogens (tertiary/aromatic N) is 1. The highest BCUT2D eigenvalue weighted by Crippen LogP contribution is 2.29. The molecule has 0 radical (unpaired) electrons. The summed E-state index contributed by atoms with van der Waals surface area (Å²) < 4.78 is 13.3. The molecule has 0 saturated heterocycles. The lowest BCUT2D eigenvalue weighted by atomic mass is 9.86. The predicted molar refractivity (Wildman–Crippen MR) is 73.1 cm³/mol. The van der Waals surface area contributed by atoms with E-state index in [1.54, 1.807) is 24.3 Å². The number of rotatable bonds is 4. The molecule has 2 aromatic rings. The standard InChI is InChI=1S/C14H12ClFN2O2/c15-10-3-1-2-8(4-10)12(13(17)14(19)20)9-5-11(16)7-18-6-9/h1-7,12-13H,17H2,(H,19,20)/t12-,13-/m0/s1. The van der Waals surface area contributed by atoms with Crippen molar-refractivity contribution >= 4 is 17.6 Å². The molecule has 0 aliphatic rings. The lowest BCUT2D eigenvalue weighted by Crippen LogP contribution is -2.37. The van der Waals surface area contributed by atoms with Crippen molar-refractivity contribution in [2.24, 2.45) is 5.73 Å². The van der Waals surface area contributed by atoms with Crippen LogP contribution >= 0.6 is 11.6 Å². The summed E-state index contributed by atoms with van der Waals surface area (Å²) >= 11 is 5.91.